The molecule has 0 aromatic rings. The summed E-state index contributed by atoms with van der Waals surface area (Å²) in [5.74, 6) is 2.97. The molecular weight excluding hydrogens is 242 g/mol. The van der Waals surface area contributed by atoms with Crippen LogP contribution in [0.1, 0.15) is 91.9 Å². The van der Waals surface area contributed by atoms with Crippen molar-refractivity contribution in [2.24, 2.45) is 0 Å². The Kier molecular flexibility index (Phi) is 12.0. The van der Waals surface area contributed by atoms with E-state index in [4.69, 9.17) is 6.42 Å². The fourth-order valence-corrected chi connectivity index (χ4v) is 2.57. The first-order chi connectivity index (χ1) is 9.58. The number of unbranched alkanes of at least 4 members (excludes halogenated alkanes) is 8. The predicted molar refractivity (Wildman–Crippen MR) is 92.0 cm³/mol. The summed E-state index contributed by atoms with van der Waals surface area (Å²) in [5.41, 5.74) is -0.0878. The minimum absolute atomic E-state index is 0.0878. The summed E-state index contributed by atoms with van der Waals surface area (Å²) in [6.07, 6.45) is 19.1. The van der Waals surface area contributed by atoms with Gasteiger partial charge in [0.25, 0.3) is 0 Å². The SMILES string of the molecule is C#CC(C)(C)N(CCCCCCC)CCCCCCC. The quantitative estimate of drug-likeness (QED) is 0.311. The highest BCUT2D eigenvalue weighted by atomic mass is 15.2. The van der Waals surface area contributed by atoms with Crippen LogP contribution in [-0.4, -0.2) is 23.5 Å². The number of terminal acetylenes is 1. The molecule has 0 N–H and O–H groups in total. The van der Waals surface area contributed by atoms with E-state index in [-0.39, 0.29) is 5.54 Å². The van der Waals surface area contributed by atoms with E-state index in [1.165, 1.54) is 64.2 Å². The molecule has 0 unspecified atom stereocenters. The maximum atomic E-state index is 5.72. The van der Waals surface area contributed by atoms with E-state index in [0.717, 1.165) is 13.1 Å². The molecule has 0 aromatic carbocycles. The highest BCUT2D eigenvalue weighted by Crippen LogP contribution is 2.17. The molecular formula is C19H37N. The second kappa shape index (κ2) is 12.3. The third-order valence-electron chi connectivity index (χ3n) is 4.21. The van der Waals surface area contributed by atoms with Gasteiger partial charge >= 0.3 is 0 Å². The van der Waals surface area contributed by atoms with Crippen LogP contribution in [0.25, 0.3) is 0 Å². The van der Waals surface area contributed by atoms with Crippen molar-refractivity contribution in [1.29, 1.82) is 0 Å². The summed E-state index contributed by atoms with van der Waals surface area (Å²) < 4.78 is 0. The largest absolute Gasteiger partial charge is 0.288 e. The summed E-state index contributed by atoms with van der Waals surface area (Å²) >= 11 is 0. The van der Waals surface area contributed by atoms with E-state index in [0.29, 0.717) is 0 Å². The lowest BCUT2D eigenvalue weighted by Crippen LogP contribution is -2.43. The Morgan fingerprint density at radius 2 is 1.15 bits per heavy atom. The Balaban J connectivity index is 4.00. The van der Waals surface area contributed by atoms with Gasteiger partial charge in [-0.05, 0) is 39.8 Å². The molecule has 0 saturated heterocycles. The molecule has 1 heteroatoms. The molecule has 0 aliphatic carbocycles. The standard InChI is InChI=1S/C19H37N/c1-6-9-11-13-15-17-20(19(4,5)8-3)18-16-14-12-10-7-2/h3H,6-7,9-18H2,1-2,4-5H3. The molecule has 0 aliphatic heterocycles. The summed E-state index contributed by atoms with van der Waals surface area (Å²) in [7, 11) is 0. The Bertz CT molecular complexity index is 235. The van der Waals surface area contributed by atoms with Gasteiger partial charge in [-0.25, -0.2) is 0 Å². The number of hydrogen-bond donors (Lipinski definition) is 0. The molecule has 0 radical (unpaired) electrons. The van der Waals surface area contributed by atoms with E-state index in [1.54, 1.807) is 0 Å². The zero-order valence-corrected chi connectivity index (χ0v) is 14.5. The van der Waals surface area contributed by atoms with Crippen LogP contribution in [0.15, 0.2) is 0 Å². The van der Waals surface area contributed by atoms with Crippen molar-refractivity contribution < 1.29 is 0 Å². The Labute approximate surface area is 128 Å². The van der Waals surface area contributed by atoms with Crippen molar-refractivity contribution in [2.45, 2.75) is 97.4 Å². The minimum atomic E-state index is -0.0878. The summed E-state index contributed by atoms with van der Waals surface area (Å²) in [5, 5.41) is 0. The highest BCUT2D eigenvalue weighted by Gasteiger charge is 2.22. The van der Waals surface area contributed by atoms with Crippen molar-refractivity contribution >= 4 is 0 Å². The first-order valence-corrected chi connectivity index (χ1v) is 8.81. The van der Waals surface area contributed by atoms with Gasteiger partial charge in [0.2, 0.25) is 0 Å². The molecule has 0 aromatic heterocycles. The van der Waals surface area contributed by atoms with Crippen LogP contribution in [0.4, 0.5) is 0 Å². The second-order valence-corrected chi connectivity index (χ2v) is 6.52. The average molecular weight is 280 g/mol. The van der Waals surface area contributed by atoms with Gasteiger partial charge in [-0.1, -0.05) is 71.1 Å². The van der Waals surface area contributed by atoms with Gasteiger partial charge in [0.05, 0.1) is 5.54 Å². The van der Waals surface area contributed by atoms with Crippen molar-refractivity contribution in [3.8, 4) is 12.3 Å². The molecule has 0 amide bonds. The van der Waals surface area contributed by atoms with Crippen LogP contribution < -0.4 is 0 Å². The van der Waals surface area contributed by atoms with E-state index in [1.807, 2.05) is 0 Å². The Morgan fingerprint density at radius 1 is 0.750 bits per heavy atom. The van der Waals surface area contributed by atoms with Gasteiger partial charge in [0.15, 0.2) is 0 Å². The van der Waals surface area contributed by atoms with E-state index in [2.05, 4.69) is 38.5 Å². The van der Waals surface area contributed by atoms with E-state index >= 15 is 0 Å². The molecule has 0 rings (SSSR count). The van der Waals surface area contributed by atoms with Crippen molar-refractivity contribution in [3.05, 3.63) is 0 Å². The first kappa shape index (κ1) is 19.5. The Hall–Kier alpha value is -0.480. The zero-order valence-electron chi connectivity index (χ0n) is 14.5. The summed E-state index contributed by atoms with van der Waals surface area (Å²) in [6, 6.07) is 0. The molecule has 0 heterocycles. The topological polar surface area (TPSA) is 3.24 Å². The molecule has 20 heavy (non-hydrogen) atoms. The third kappa shape index (κ3) is 9.43. The molecule has 0 saturated carbocycles. The fraction of sp³-hybridized carbons (Fsp3) is 0.895. The van der Waals surface area contributed by atoms with E-state index in [9.17, 15) is 0 Å². The lowest BCUT2D eigenvalue weighted by atomic mass is 10.0. The lowest BCUT2D eigenvalue weighted by molar-refractivity contribution is 0.162. The normalized spacial score (nSPS) is 11.8. The summed E-state index contributed by atoms with van der Waals surface area (Å²) in [6.45, 7) is 11.2. The predicted octanol–water partition coefficient (Wildman–Crippen LogP) is 5.64. The zero-order chi connectivity index (χ0) is 15.3. The fourth-order valence-electron chi connectivity index (χ4n) is 2.57. The van der Waals surface area contributed by atoms with Crippen LogP contribution in [0.2, 0.25) is 0 Å². The number of nitrogens with zero attached hydrogens (tertiary/aromatic N) is 1. The molecule has 118 valence electrons. The van der Waals surface area contributed by atoms with Crippen molar-refractivity contribution in [1.82, 2.24) is 4.90 Å². The van der Waals surface area contributed by atoms with Gasteiger partial charge in [-0.2, -0.15) is 0 Å². The second-order valence-electron chi connectivity index (χ2n) is 6.52. The van der Waals surface area contributed by atoms with Crippen LogP contribution in [0, 0.1) is 12.3 Å². The van der Waals surface area contributed by atoms with Crippen molar-refractivity contribution in [3.63, 3.8) is 0 Å². The number of hydrogen-bond acceptors (Lipinski definition) is 1. The molecule has 0 atom stereocenters. The monoisotopic (exact) mass is 279 g/mol. The summed E-state index contributed by atoms with van der Waals surface area (Å²) in [4.78, 5) is 2.52. The van der Waals surface area contributed by atoms with Crippen LogP contribution in [0.3, 0.4) is 0 Å². The minimum Gasteiger partial charge on any atom is -0.288 e. The van der Waals surface area contributed by atoms with Gasteiger partial charge in [-0.3, -0.25) is 4.90 Å². The molecule has 0 bridgehead atoms. The third-order valence-corrected chi connectivity index (χ3v) is 4.21. The molecule has 1 nitrogen and oxygen atoms in total. The van der Waals surface area contributed by atoms with Gasteiger partial charge in [0, 0.05) is 0 Å². The van der Waals surface area contributed by atoms with Gasteiger partial charge in [-0.15, -0.1) is 6.42 Å². The van der Waals surface area contributed by atoms with Crippen LogP contribution in [0.5, 0.6) is 0 Å². The van der Waals surface area contributed by atoms with Crippen LogP contribution >= 0.6 is 0 Å². The molecule has 0 aliphatic rings. The van der Waals surface area contributed by atoms with Crippen LogP contribution in [-0.2, 0) is 0 Å². The highest BCUT2D eigenvalue weighted by molar-refractivity contribution is 5.08. The average Bonchev–Trinajstić information content (AvgIpc) is 2.44. The maximum Gasteiger partial charge on any atom is 0.0766 e. The maximum absolute atomic E-state index is 5.72. The first-order valence-electron chi connectivity index (χ1n) is 8.81. The lowest BCUT2D eigenvalue weighted by Gasteiger charge is -2.34. The van der Waals surface area contributed by atoms with Gasteiger partial charge in [0.1, 0.15) is 0 Å². The smallest absolute Gasteiger partial charge is 0.0766 e. The number of rotatable bonds is 13. The molecule has 0 spiro atoms. The van der Waals surface area contributed by atoms with Gasteiger partial charge < -0.3 is 0 Å². The van der Waals surface area contributed by atoms with E-state index < -0.39 is 0 Å². The molecule has 0 fully saturated rings. The Morgan fingerprint density at radius 3 is 1.50 bits per heavy atom. The van der Waals surface area contributed by atoms with Crippen molar-refractivity contribution in [2.75, 3.05) is 13.1 Å².